The van der Waals surface area contributed by atoms with Crippen LogP contribution in [0.15, 0.2) is 12.3 Å². The molecule has 1 aromatic heterocycles. The molecule has 2 aliphatic rings. The Morgan fingerprint density at radius 1 is 1.39 bits per heavy atom. The van der Waals surface area contributed by atoms with E-state index in [0.717, 1.165) is 31.0 Å². The van der Waals surface area contributed by atoms with Crippen molar-refractivity contribution in [2.45, 2.75) is 25.4 Å². The molecule has 1 aromatic rings. The fraction of sp³-hybridized carbons (Fsp3) is 0.615. The summed E-state index contributed by atoms with van der Waals surface area (Å²) in [6, 6.07) is 2.74. The first-order chi connectivity index (χ1) is 8.78. The maximum absolute atomic E-state index is 6.06. The molecule has 0 aromatic carbocycles. The summed E-state index contributed by atoms with van der Waals surface area (Å²) in [5.41, 5.74) is 6.68. The molecule has 3 rings (SSSR count). The van der Waals surface area contributed by atoms with Gasteiger partial charge in [0.2, 0.25) is 0 Å². The van der Waals surface area contributed by atoms with Gasteiger partial charge in [-0.15, -0.1) is 0 Å². The molecule has 1 unspecified atom stereocenters. The monoisotopic (exact) mass is 266 g/mol. The zero-order chi connectivity index (χ0) is 12.5. The number of fused-ring (bicyclic) bond motifs is 1. The average molecular weight is 267 g/mol. The van der Waals surface area contributed by atoms with Gasteiger partial charge in [0.1, 0.15) is 5.82 Å². The summed E-state index contributed by atoms with van der Waals surface area (Å²) < 4.78 is 0. The summed E-state index contributed by atoms with van der Waals surface area (Å²) in [5, 5.41) is 0.667. The smallest absolute Gasteiger partial charge is 0.129 e. The summed E-state index contributed by atoms with van der Waals surface area (Å²) in [5.74, 6) is 1.02. The number of hydrogen-bond acceptors (Lipinski definition) is 4. The van der Waals surface area contributed by atoms with E-state index in [1.54, 1.807) is 6.20 Å². The number of pyridine rings is 1. The van der Waals surface area contributed by atoms with Crippen molar-refractivity contribution in [3.05, 3.63) is 22.8 Å². The van der Waals surface area contributed by atoms with Crippen LogP contribution in [0.5, 0.6) is 0 Å². The lowest BCUT2D eigenvalue weighted by molar-refractivity contribution is 0.230. The minimum atomic E-state index is 0.470. The maximum Gasteiger partial charge on any atom is 0.129 e. The van der Waals surface area contributed by atoms with E-state index in [1.165, 1.54) is 19.4 Å². The molecule has 0 saturated carbocycles. The molecule has 0 spiro atoms. The van der Waals surface area contributed by atoms with E-state index in [9.17, 15) is 0 Å². The Labute approximate surface area is 113 Å². The lowest BCUT2D eigenvalue weighted by Crippen LogP contribution is -2.50. The average Bonchev–Trinajstić information content (AvgIpc) is 2.86. The van der Waals surface area contributed by atoms with Crippen LogP contribution in [-0.4, -0.2) is 42.1 Å². The van der Waals surface area contributed by atoms with Crippen molar-refractivity contribution in [2.24, 2.45) is 5.73 Å². The molecule has 0 radical (unpaired) electrons. The van der Waals surface area contributed by atoms with Gasteiger partial charge < -0.3 is 10.6 Å². The highest BCUT2D eigenvalue weighted by Gasteiger charge is 2.31. The van der Waals surface area contributed by atoms with Crippen LogP contribution >= 0.6 is 11.6 Å². The van der Waals surface area contributed by atoms with E-state index in [1.807, 2.05) is 6.07 Å². The topological polar surface area (TPSA) is 45.4 Å². The second-order valence-electron chi connectivity index (χ2n) is 5.12. The van der Waals surface area contributed by atoms with Crippen molar-refractivity contribution in [2.75, 3.05) is 31.1 Å². The number of piperazine rings is 1. The van der Waals surface area contributed by atoms with Crippen LogP contribution in [0, 0.1) is 0 Å². The zero-order valence-electron chi connectivity index (χ0n) is 10.5. The molecule has 0 amide bonds. The largest absolute Gasteiger partial charge is 0.354 e. The number of halogens is 1. The fourth-order valence-corrected chi connectivity index (χ4v) is 3.18. The predicted octanol–water partition coefficient (Wildman–Crippen LogP) is 1.48. The van der Waals surface area contributed by atoms with E-state index in [2.05, 4.69) is 14.8 Å². The van der Waals surface area contributed by atoms with E-state index >= 15 is 0 Å². The molecule has 2 aliphatic heterocycles. The van der Waals surface area contributed by atoms with E-state index in [4.69, 9.17) is 17.3 Å². The van der Waals surface area contributed by atoms with Crippen LogP contribution in [0.25, 0.3) is 0 Å². The van der Waals surface area contributed by atoms with Crippen LogP contribution in [0.1, 0.15) is 18.4 Å². The number of hydrogen-bond donors (Lipinski definition) is 1. The standard InChI is InChI=1S/C13H19ClN4/c14-12-8-16-13(6-10(12)7-15)18-5-4-17-3-1-2-11(17)9-18/h6,8,11H,1-5,7,9,15H2. The predicted molar refractivity (Wildman–Crippen MR) is 73.9 cm³/mol. The molecule has 0 aliphatic carbocycles. The summed E-state index contributed by atoms with van der Waals surface area (Å²) in [6.07, 6.45) is 4.37. The fourth-order valence-electron chi connectivity index (χ4n) is 3.00. The third kappa shape index (κ3) is 2.20. The van der Waals surface area contributed by atoms with Crippen molar-refractivity contribution < 1.29 is 0 Å². The van der Waals surface area contributed by atoms with Gasteiger partial charge >= 0.3 is 0 Å². The van der Waals surface area contributed by atoms with Gasteiger partial charge in [-0.05, 0) is 31.0 Å². The number of rotatable bonds is 2. The van der Waals surface area contributed by atoms with Crippen LogP contribution in [0.3, 0.4) is 0 Å². The SMILES string of the molecule is NCc1cc(N2CCN3CCCC3C2)ncc1Cl. The highest BCUT2D eigenvalue weighted by molar-refractivity contribution is 6.31. The maximum atomic E-state index is 6.06. The van der Waals surface area contributed by atoms with Gasteiger partial charge in [-0.2, -0.15) is 0 Å². The molecule has 2 saturated heterocycles. The molecule has 5 heteroatoms. The van der Waals surface area contributed by atoms with Crippen molar-refractivity contribution in [3.63, 3.8) is 0 Å². The molecular formula is C13H19ClN4. The van der Waals surface area contributed by atoms with Crippen molar-refractivity contribution in [1.82, 2.24) is 9.88 Å². The molecule has 4 nitrogen and oxygen atoms in total. The van der Waals surface area contributed by atoms with Gasteiger partial charge in [0.05, 0.1) is 5.02 Å². The normalized spacial score (nSPS) is 24.3. The Balaban J connectivity index is 1.78. The molecule has 3 heterocycles. The van der Waals surface area contributed by atoms with Crippen LogP contribution in [0.2, 0.25) is 5.02 Å². The molecule has 1 atom stereocenters. The minimum Gasteiger partial charge on any atom is -0.354 e. The highest BCUT2D eigenvalue weighted by Crippen LogP contribution is 2.26. The first-order valence-corrected chi connectivity index (χ1v) is 6.99. The van der Waals surface area contributed by atoms with Crippen molar-refractivity contribution >= 4 is 17.4 Å². The Morgan fingerprint density at radius 2 is 2.28 bits per heavy atom. The number of anilines is 1. The van der Waals surface area contributed by atoms with Crippen LogP contribution in [0.4, 0.5) is 5.82 Å². The van der Waals surface area contributed by atoms with E-state index in [0.29, 0.717) is 17.6 Å². The minimum absolute atomic E-state index is 0.470. The van der Waals surface area contributed by atoms with Crippen LogP contribution in [-0.2, 0) is 6.54 Å². The van der Waals surface area contributed by atoms with Crippen LogP contribution < -0.4 is 10.6 Å². The highest BCUT2D eigenvalue weighted by atomic mass is 35.5. The molecule has 2 N–H and O–H groups in total. The van der Waals surface area contributed by atoms with E-state index < -0.39 is 0 Å². The first-order valence-electron chi connectivity index (χ1n) is 6.61. The summed E-state index contributed by atoms with van der Waals surface area (Å²) in [7, 11) is 0. The molecule has 0 bridgehead atoms. The zero-order valence-corrected chi connectivity index (χ0v) is 11.2. The Hall–Kier alpha value is -0.840. The van der Waals surface area contributed by atoms with Gasteiger partial charge in [-0.1, -0.05) is 11.6 Å². The molecule has 2 fully saturated rings. The Kier molecular flexibility index (Phi) is 3.41. The second-order valence-corrected chi connectivity index (χ2v) is 5.52. The van der Waals surface area contributed by atoms with Crippen molar-refractivity contribution in [1.29, 1.82) is 0 Å². The molecular weight excluding hydrogens is 248 g/mol. The van der Waals surface area contributed by atoms with Gasteiger partial charge in [-0.25, -0.2) is 4.98 Å². The Bertz CT molecular complexity index is 437. The van der Waals surface area contributed by atoms with E-state index in [-0.39, 0.29) is 0 Å². The lowest BCUT2D eigenvalue weighted by atomic mass is 10.1. The van der Waals surface area contributed by atoms with Gasteiger partial charge in [0, 0.05) is 38.4 Å². The third-order valence-corrected chi connectivity index (χ3v) is 4.39. The molecule has 98 valence electrons. The number of aromatic nitrogens is 1. The third-order valence-electron chi connectivity index (χ3n) is 4.05. The lowest BCUT2D eigenvalue weighted by Gasteiger charge is -2.38. The van der Waals surface area contributed by atoms with Gasteiger partial charge in [0.25, 0.3) is 0 Å². The Morgan fingerprint density at radius 3 is 3.11 bits per heavy atom. The summed E-state index contributed by atoms with van der Waals surface area (Å²) >= 11 is 6.06. The number of nitrogens with zero attached hydrogens (tertiary/aromatic N) is 3. The second kappa shape index (κ2) is 5.03. The summed E-state index contributed by atoms with van der Waals surface area (Å²) in [6.45, 7) is 5.01. The summed E-state index contributed by atoms with van der Waals surface area (Å²) in [4.78, 5) is 9.40. The number of nitrogens with two attached hydrogens (primary N) is 1. The van der Waals surface area contributed by atoms with Gasteiger partial charge in [-0.3, -0.25) is 4.90 Å². The molecule has 18 heavy (non-hydrogen) atoms. The van der Waals surface area contributed by atoms with Gasteiger partial charge in [0.15, 0.2) is 0 Å². The quantitative estimate of drug-likeness (QED) is 0.881. The van der Waals surface area contributed by atoms with Crippen molar-refractivity contribution in [3.8, 4) is 0 Å². The first kappa shape index (κ1) is 12.2.